The minimum absolute atomic E-state index is 0.163. The van der Waals surface area contributed by atoms with Gasteiger partial charge in [0.25, 0.3) is 0 Å². The molecule has 2 atom stereocenters. The molecule has 0 aliphatic carbocycles. The minimum atomic E-state index is -1.02. The van der Waals surface area contributed by atoms with Crippen LogP contribution in [-0.4, -0.2) is 25.3 Å². The molecule has 1 heterocycles. The van der Waals surface area contributed by atoms with E-state index in [1.807, 2.05) is 6.92 Å². The van der Waals surface area contributed by atoms with Gasteiger partial charge >= 0.3 is 5.97 Å². The zero-order valence-electron chi connectivity index (χ0n) is 12.2. The number of halogens is 1. The van der Waals surface area contributed by atoms with Gasteiger partial charge in [0.05, 0.1) is 13.7 Å². The fraction of sp³-hybridized carbons (Fsp3) is 0.533. The number of benzene rings is 1. The summed E-state index contributed by atoms with van der Waals surface area (Å²) >= 11 is 0. The number of hydrogen-bond acceptors (Lipinski definition) is 4. The Balaban J connectivity index is 2.33. The average molecular weight is 282 g/mol. The van der Waals surface area contributed by atoms with Gasteiger partial charge in [-0.05, 0) is 38.0 Å². The predicted molar refractivity (Wildman–Crippen MR) is 71.0 cm³/mol. The molecule has 1 aromatic carbocycles. The number of methoxy groups -OCH3 is 1. The molecule has 0 aromatic heterocycles. The van der Waals surface area contributed by atoms with Gasteiger partial charge in [-0.1, -0.05) is 13.0 Å². The molecule has 20 heavy (non-hydrogen) atoms. The third kappa shape index (κ3) is 1.97. The summed E-state index contributed by atoms with van der Waals surface area (Å²) in [5.74, 6) is -0.715. The molecule has 0 saturated carbocycles. The maximum atomic E-state index is 13.8. The van der Waals surface area contributed by atoms with Crippen LogP contribution in [0.2, 0.25) is 0 Å². The molecule has 1 aromatic rings. The number of epoxide rings is 1. The van der Waals surface area contributed by atoms with Crippen molar-refractivity contribution in [2.45, 2.75) is 38.4 Å². The van der Waals surface area contributed by atoms with Crippen molar-refractivity contribution in [1.82, 2.24) is 0 Å². The van der Waals surface area contributed by atoms with Gasteiger partial charge in [-0.25, -0.2) is 9.18 Å². The van der Waals surface area contributed by atoms with E-state index in [2.05, 4.69) is 0 Å². The first kappa shape index (κ1) is 14.8. The van der Waals surface area contributed by atoms with E-state index in [-0.39, 0.29) is 12.4 Å². The van der Waals surface area contributed by atoms with Crippen molar-refractivity contribution >= 4 is 5.97 Å². The Labute approximate surface area is 117 Å². The second-order valence-corrected chi connectivity index (χ2v) is 4.89. The number of rotatable bonds is 5. The van der Waals surface area contributed by atoms with Gasteiger partial charge < -0.3 is 14.2 Å². The highest BCUT2D eigenvalue weighted by molar-refractivity contribution is 5.85. The van der Waals surface area contributed by atoms with E-state index >= 15 is 0 Å². The maximum absolute atomic E-state index is 13.8. The van der Waals surface area contributed by atoms with E-state index in [1.54, 1.807) is 19.9 Å². The Morgan fingerprint density at radius 2 is 2.10 bits per heavy atom. The van der Waals surface area contributed by atoms with Crippen LogP contribution in [0.5, 0.6) is 5.75 Å². The summed E-state index contributed by atoms with van der Waals surface area (Å²) in [5.41, 5.74) is -1.28. The van der Waals surface area contributed by atoms with Crippen LogP contribution in [-0.2, 0) is 19.9 Å². The smallest absolute Gasteiger partial charge is 0.341 e. The van der Waals surface area contributed by atoms with Crippen LogP contribution in [0.25, 0.3) is 0 Å². The van der Waals surface area contributed by atoms with Gasteiger partial charge in [0, 0.05) is 0 Å². The molecular weight excluding hydrogens is 263 g/mol. The summed E-state index contributed by atoms with van der Waals surface area (Å²) in [7, 11) is 1.41. The summed E-state index contributed by atoms with van der Waals surface area (Å²) in [6.45, 7) is 5.65. The van der Waals surface area contributed by atoms with Crippen molar-refractivity contribution in [3.05, 3.63) is 29.6 Å². The van der Waals surface area contributed by atoms with Crippen LogP contribution in [0.3, 0.4) is 0 Å². The molecule has 0 N–H and O–H groups in total. The Morgan fingerprint density at radius 3 is 2.60 bits per heavy atom. The van der Waals surface area contributed by atoms with E-state index in [1.165, 1.54) is 19.2 Å². The Hall–Kier alpha value is -1.62. The SMILES string of the molecule is CCOC(=O)C1(CC)OC1(C)c1ccc(OC)c(F)c1. The Bertz CT molecular complexity index is 531. The lowest BCUT2D eigenvalue weighted by molar-refractivity contribution is -0.149. The zero-order valence-corrected chi connectivity index (χ0v) is 12.2. The normalized spacial score (nSPS) is 28.1. The van der Waals surface area contributed by atoms with E-state index in [9.17, 15) is 9.18 Å². The van der Waals surface area contributed by atoms with Crippen molar-refractivity contribution in [2.75, 3.05) is 13.7 Å². The van der Waals surface area contributed by atoms with Crippen molar-refractivity contribution in [3.63, 3.8) is 0 Å². The van der Waals surface area contributed by atoms with Crippen LogP contribution in [0.15, 0.2) is 18.2 Å². The Morgan fingerprint density at radius 1 is 1.40 bits per heavy atom. The number of carbonyl (C=O) groups is 1. The molecule has 2 unspecified atom stereocenters. The van der Waals surface area contributed by atoms with E-state index in [4.69, 9.17) is 14.2 Å². The number of hydrogen-bond donors (Lipinski definition) is 0. The number of ether oxygens (including phenoxy) is 3. The molecule has 110 valence electrons. The summed E-state index contributed by atoms with van der Waals surface area (Å²) in [4.78, 5) is 12.1. The lowest BCUT2D eigenvalue weighted by Gasteiger charge is -2.15. The molecular formula is C15H19FO4. The first-order valence-electron chi connectivity index (χ1n) is 6.66. The van der Waals surface area contributed by atoms with Gasteiger partial charge in [-0.15, -0.1) is 0 Å². The predicted octanol–water partition coefficient (Wildman–Crippen LogP) is 2.79. The highest BCUT2D eigenvalue weighted by atomic mass is 19.1. The quantitative estimate of drug-likeness (QED) is 0.615. The zero-order chi connectivity index (χ0) is 15.0. The van der Waals surface area contributed by atoms with Crippen LogP contribution >= 0.6 is 0 Å². The van der Waals surface area contributed by atoms with Crippen LogP contribution in [0.4, 0.5) is 4.39 Å². The molecule has 0 spiro atoms. The molecule has 0 radical (unpaired) electrons. The molecule has 2 rings (SSSR count). The highest BCUT2D eigenvalue weighted by Crippen LogP contribution is 2.58. The van der Waals surface area contributed by atoms with Crippen molar-refractivity contribution < 1.29 is 23.4 Å². The first-order valence-corrected chi connectivity index (χ1v) is 6.66. The molecule has 0 bridgehead atoms. The van der Waals surface area contributed by atoms with Crippen LogP contribution in [0, 0.1) is 5.82 Å². The summed E-state index contributed by atoms with van der Waals surface area (Å²) < 4.78 is 29.5. The number of esters is 1. The van der Waals surface area contributed by atoms with Gasteiger partial charge in [-0.3, -0.25) is 0 Å². The van der Waals surface area contributed by atoms with Crippen molar-refractivity contribution in [3.8, 4) is 5.75 Å². The molecule has 1 saturated heterocycles. The van der Waals surface area contributed by atoms with Crippen LogP contribution < -0.4 is 4.74 Å². The first-order chi connectivity index (χ1) is 9.45. The topological polar surface area (TPSA) is 48.1 Å². The molecule has 1 aliphatic heterocycles. The van der Waals surface area contributed by atoms with E-state index < -0.39 is 23.0 Å². The third-order valence-electron chi connectivity index (χ3n) is 3.91. The minimum Gasteiger partial charge on any atom is -0.494 e. The standard InChI is InChI=1S/C15H19FO4/c1-5-15(13(17)19-6-2)14(3,20-15)10-7-8-12(18-4)11(16)9-10/h7-9H,5-6H2,1-4H3. The monoisotopic (exact) mass is 282 g/mol. The second kappa shape index (κ2) is 5.05. The number of carbonyl (C=O) groups excluding carboxylic acids is 1. The molecule has 1 aliphatic rings. The van der Waals surface area contributed by atoms with Gasteiger partial charge in [0.1, 0.15) is 5.60 Å². The summed E-state index contributed by atoms with van der Waals surface area (Å²) in [6.07, 6.45) is 0.468. The van der Waals surface area contributed by atoms with E-state index in [0.717, 1.165) is 0 Å². The maximum Gasteiger partial charge on any atom is 0.341 e. The van der Waals surface area contributed by atoms with Gasteiger partial charge in [0.2, 0.25) is 0 Å². The molecule has 5 heteroatoms. The fourth-order valence-electron chi connectivity index (χ4n) is 2.62. The van der Waals surface area contributed by atoms with Gasteiger partial charge in [-0.2, -0.15) is 0 Å². The second-order valence-electron chi connectivity index (χ2n) is 4.89. The lowest BCUT2D eigenvalue weighted by Crippen LogP contribution is -2.32. The highest BCUT2D eigenvalue weighted by Gasteiger charge is 2.72. The molecule has 1 fully saturated rings. The Kier molecular flexibility index (Phi) is 3.73. The fourth-order valence-corrected chi connectivity index (χ4v) is 2.62. The molecule has 4 nitrogen and oxygen atoms in total. The summed E-state index contributed by atoms with van der Waals surface area (Å²) in [5, 5.41) is 0. The van der Waals surface area contributed by atoms with E-state index in [0.29, 0.717) is 12.0 Å². The average Bonchev–Trinajstić information content (AvgIpc) is 3.07. The third-order valence-corrected chi connectivity index (χ3v) is 3.91. The van der Waals surface area contributed by atoms with Crippen molar-refractivity contribution in [2.24, 2.45) is 0 Å². The summed E-state index contributed by atoms with van der Waals surface area (Å²) in [6, 6.07) is 4.58. The lowest BCUT2D eigenvalue weighted by atomic mass is 9.86. The van der Waals surface area contributed by atoms with Gasteiger partial charge in [0.15, 0.2) is 17.2 Å². The van der Waals surface area contributed by atoms with Crippen molar-refractivity contribution in [1.29, 1.82) is 0 Å². The largest absolute Gasteiger partial charge is 0.494 e. The molecule has 0 amide bonds. The van der Waals surface area contributed by atoms with Crippen LogP contribution in [0.1, 0.15) is 32.8 Å².